The molecule has 0 saturated carbocycles. The van der Waals surface area contributed by atoms with Gasteiger partial charge in [-0.3, -0.25) is 9.55 Å². The second-order valence-corrected chi connectivity index (χ2v) is 20.5. The van der Waals surface area contributed by atoms with Gasteiger partial charge in [0.1, 0.15) is 11.6 Å². The molecule has 10 aromatic rings. The number of aromatic nitrogens is 3. The van der Waals surface area contributed by atoms with E-state index in [4.69, 9.17) is 11.3 Å². The smallest absolute Gasteiger partial charge is 0.149 e. The first-order chi connectivity index (χ1) is 33.5. The molecule has 8 aromatic carbocycles. The van der Waals surface area contributed by atoms with Gasteiger partial charge in [0.15, 0.2) is 0 Å². The zero-order valence-electron chi connectivity index (χ0n) is 41.8. The highest BCUT2D eigenvalue weighted by molar-refractivity contribution is 5.98. The van der Waals surface area contributed by atoms with Gasteiger partial charge in [-0.05, 0) is 127 Å². The monoisotopic (exact) mass is 898 g/mol. The molecule has 4 nitrogen and oxygen atoms in total. The number of pyridine rings is 1. The van der Waals surface area contributed by atoms with Crippen LogP contribution in [0.25, 0.3) is 95.0 Å². The topological polar surface area (TPSA) is 50.9 Å². The molecule has 1 N–H and O–H groups in total. The minimum absolute atomic E-state index is 0.216. The Morgan fingerprint density at radius 1 is 0.478 bits per heavy atom. The molecule has 0 bridgehead atoms. The summed E-state index contributed by atoms with van der Waals surface area (Å²) >= 11 is 0. The lowest BCUT2D eigenvalue weighted by Gasteiger charge is -2.27. The molecular formula is C65H59N3O. The zero-order chi connectivity index (χ0) is 49.0. The van der Waals surface area contributed by atoms with Crippen molar-refractivity contribution in [3.63, 3.8) is 0 Å². The van der Waals surface area contributed by atoms with Gasteiger partial charge in [-0.2, -0.15) is 0 Å². The predicted octanol–water partition coefficient (Wildman–Crippen LogP) is 17.5. The van der Waals surface area contributed by atoms with E-state index in [0.29, 0.717) is 11.4 Å². The molecule has 0 aliphatic carbocycles. The average Bonchev–Trinajstić information content (AvgIpc) is 3.75. The largest absolute Gasteiger partial charge is 0.507 e. The number of hydrogen-bond donors (Lipinski definition) is 1. The lowest BCUT2D eigenvalue weighted by Crippen LogP contribution is -2.17. The van der Waals surface area contributed by atoms with Gasteiger partial charge in [-0.1, -0.05) is 195 Å². The second-order valence-electron chi connectivity index (χ2n) is 20.5. The van der Waals surface area contributed by atoms with Gasteiger partial charge in [0.25, 0.3) is 0 Å². The van der Waals surface area contributed by atoms with Gasteiger partial charge in [0.05, 0.1) is 28.0 Å². The molecule has 0 aliphatic rings. The Morgan fingerprint density at radius 2 is 1.06 bits per heavy atom. The van der Waals surface area contributed by atoms with Crippen LogP contribution in [0, 0.1) is 0 Å². The summed E-state index contributed by atoms with van der Waals surface area (Å²) in [5.41, 5.74) is 18.1. The van der Waals surface area contributed by atoms with Crippen LogP contribution in [0.15, 0.2) is 200 Å². The van der Waals surface area contributed by atoms with Crippen LogP contribution in [-0.2, 0) is 10.8 Å². The summed E-state index contributed by atoms with van der Waals surface area (Å²) in [5, 5.41) is 12.6. The molecule has 2 heterocycles. The summed E-state index contributed by atoms with van der Waals surface area (Å²) in [4.78, 5) is 10.7. The SMILES string of the molecule is [2H]C(C)(C)c1ccc(-n2c(-c3cc(C(C)(C)C)cc(C(C)(C)C)c3O)nc3c(-c4cc(-c5ccccc5)cc(-c5cc(-c6ccc(-c7ccccc7)cc6)ccn5)c4)cccc32)c(-c2ccccc2)c1. The maximum absolute atomic E-state index is 12.6. The van der Waals surface area contributed by atoms with Crippen molar-refractivity contribution in [2.75, 3.05) is 0 Å². The van der Waals surface area contributed by atoms with E-state index in [0.717, 1.165) is 89.2 Å². The van der Waals surface area contributed by atoms with E-state index < -0.39 is 5.89 Å². The van der Waals surface area contributed by atoms with Crippen molar-refractivity contribution in [2.45, 2.75) is 72.1 Å². The second kappa shape index (κ2) is 18.0. The van der Waals surface area contributed by atoms with Crippen molar-refractivity contribution in [3.8, 4) is 89.7 Å². The number of nitrogens with zero attached hydrogens (tertiary/aromatic N) is 3. The summed E-state index contributed by atoms with van der Waals surface area (Å²) in [6.45, 7) is 17.0. The molecule has 69 heavy (non-hydrogen) atoms. The number of imidazole rings is 1. The first-order valence-corrected chi connectivity index (χ1v) is 23.9. The zero-order valence-corrected chi connectivity index (χ0v) is 40.8. The molecule has 2 aromatic heterocycles. The van der Waals surface area contributed by atoms with Gasteiger partial charge < -0.3 is 5.11 Å². The van der Waals surface area contributed by atoms with Crippen molar-refractivity contribution in [3.05, 3.63) is 217 Å². The highest BCUT2D eigenvalue weighted by Crippen LogP contribution is 2.46. The molecule has 340 valence electrons. The number of benzene rings is 8. The lowest BCUT2D eigenvalue weighted by atomic mass is 9.79. The van der Waals surface area contributed by atoms with Crippen LogP contribution >= 0.6 is 0 Å². The minimum atomic E-state index is -0.834. The number of para-hydroxylation sites is 1. The van der Waals surface area contributed by atoms with E-state index in [1.807, 2.05) is 38.2 Å². The first kappa shape index (κ1) is 43.7. The molecule has 4 heteroatoms. The van der Waals surface area contributed by atoms with Crippen LogP contribution in [0.4, 0.5) is 0 Å². The maximum atomic E-state index is 12.6. The quantitative estimate of drug-likeness (QED) is 0.157. The number of phenols is 1. The fraction of sp³-hybridized carbons (Fsp3) is 0.169. The Kier molecular flexibility index (Phi) is 11.4. The molecule has 0 radical (unpaired) electrons. The highest BCUT2D eigenvalue weighted by atomic mass is 16.3. The molecular weight excluding hydrogens is 839 g/mol. The van der Waals surface area contributed by atoms with Gasteiger partial charge in [-0.25, -0.2) is 4.98 Å². The van der Waals surface area contributed by atoms with Gasteiger partial charge in [-0.15, -0.1) is 0 Å². The number of fused-ring (bicyclic) bond motifs is 1. The third-order valence-electron chi connectivity index (χ3n) is 13.3. The van der Waals surface area contributed by atoms with Crippen molar-refractivity contribution in [2.24, 2.45) is 0 Å². The third-order valence-corrected chi connectivity index (χ3v) is 13.3. The van der Waals surface area contributed by atoms with Crippen LogP contribution in [0.5, 0.6) is 5.75 Å². The van der Waals surface area contributed by atoms with Crippen molar-refractivity contribution in [1.82, 2.24) is 14.5 Å². The Hall–Kier alpha value is -7.82. The lowest BCUT2D eigenvalue weighted by molar-refractivity contribution is 0.446. The van der Waals surface area contributed by atoms with E-state index in [1.165, 1.54) is 11.1 Å². The number of hydrogen-bond acceptors (Lipinski definition) is 3. The number of rotatable bonds is 9. The van der Waals surface area contributed by atoms with Crippen molar-refractivity contribution in [1.29, 1.82) is 0 Å². The standard InChI is InChI=1S/C65H59N3O/c1-42(2)48-31-32-59(55(38-48)47-23-16-11-17-24-47)68-60-26-18-25-54(61(60)67-63(68)56-40-53(64(3,4)5)41-57(62(56)69)65(6,7)8)51-35-50(44-21-14-10-15-22-44)36-52(37-51)58-39-49(33-34-66-58)46-29-27-45(28-30-46)43-19-12-9-13-20-43/h9-42,69H,1-8H3/i42D. The van der Waals surface area contributed by atoms with Gasteiger partial charge >= 0.3 is 0 Å². The van der Waals surface area contributed by atoms with Crippen LogP contribution in [-0.4, -0.2) is 19.6 Å². The molecule has 0 aliphatic heterocycles. The summed E-state index contributed by atoms with van der Waals surface area (Å²) in [6.07, 6.45) is 1.90. The Bertz CT molecular complexity index is 3520. The molecule has 0 saturated heterocycles. The summed E-state index contributed by atoms with van der Waals surface area (Å²) in [6, 6.07) is 68.1. The summed E-state index contributed by atoms with van der Waals surface area (Å²) in [7, 11) is 0. The summed E-state index contributed by atoms with van der Waals surface area (Å²) < 4.78 is 11.3. The molecule has 0 atom stereocenters. The van der Waals surface area contributed by atoms with Crippen molar-refractivity contribution < 1.29 is 6.48 Å². The third kappa shape index (κ3) is 8.91. The molecule has 0 amide bonds. The van der Waals surface area contributed by atoms with Crippen LogP contribution in [0.1, 0.15) is 79.3 Å². The van der Waals surface area contributed by atoms with Crippen LogP contribution in [0.2, 0.25) is 0 Å². The van der Waals surface area contributed by atoms with Crippen molar-refractivity contribution >= 4 is 11.0 Å². The molecule has 0 spiro atoms. The Labute approximate surface area is 409 Å². The highest BCUT2D eigenvalue weighted by Gasteiger charge is 2.29. The van der Waals surface area contributed by atoms with Gasteiger partial charge in [0, 0.05) is 29.8 Å². The Balaban J connectivity index is 1.23. The number of phenolic OH excluding ortho intramolecular Hbond substituents is 1. The van der Waals surface area contributed by atoms with E-state index in [-0.39, 0.29) is 16.6 Å². The molecule has 0 unspecified atom stereocenters. The van der Waals surface area contributed by atoms with E-state index in [9.17, 15) is 5.11 Å². The normalized spacial score (nSPS) is 12.3. The van der Waals surface area contributed by atoms with E-state index in [2.05, 4.69) is 222 Å². The van der Waals surface area contributed by atoms with E-state index in [1.54, 1.807) is 0 Å². The predicted molar refractivity (Wildman–Crippen MR) is 290 cm³/mol. The van der Waals surface area contributed by atoms with Crippen LogP contribution < -0.4 is 0 Å². The maximum Gasteiger partial charge on any atom is 0.149 e. The Morgan fingerprint density at radius 3 is 1.68 bits per heavy atom. The summed E-state index contributed by atoms with van der Waals surface area (Å²) in [5.74, 6) is 0.0234. The first-order valence-electron chi connectivity index (χ1n) is 24.4. The fourth-order valence-corrected chi connectivity index (χ4v) is 9.44. The fourth-order valence-electron chi connectivity index (χ4n) is 9.44. The van der Waals surface area contributed by atoms with E-state index >= 15 is 0 Å². The number of aromatic hydroxyl groups is 1. The molecule has 10 rings (SSSR count). The minimum Gasteiger partial charge on any atom is -0.507 e. The van der Waals surface area contributed by atoms with Gasteiger partial charge in [0.2, 0.25) is 0 Å². The van der Waals surface area contributed by atoms with Crippen LogP contribution in [0.3, 0.4) is 0 Å². The average molecular weight is 899 g/mol. The molecule has 0 fully saturated rings.